The zero-order chi connectivity index (χ0) is 16.7. The van der Waals surface area contributed by atoms with E-state index in [4.69, 9.17) is 5.14 Å². The zero-order valence-corrected chi connectivity index (χ0v) is 13.9. The topological polar surface area (TPSA) is 101 Å². The molecule has 0 aliphatic carbocycles. The molecule has 2 rings (SSSR count). The van der Waals surface area contributed by atoms with E-state index in [0.29, 0.717) is 29.8 Å². The van der Waals surface area contributed by atoms with Gasteiger partial charge in [-0.25, -0.2) is 13.6 Å². The third-order valence-corrected chi connectivity index (χ3v) is 5.50. The number of benzene rings is 1. The molecule has 7 heteroatoms. The average molecular weight is 326 g/mol. The molecule has 1 aromatic rings. The van der Waals surface area contributed by atoms with Crippen LogP contribution < -0.4 is 5.14 Å². The van der Waals surface area contributed by atoms with E-state index in [9.17, 15) is 18.3 Å². The number of carbonyl (C=O) groups excluding carboxylic acids is 1. The van der Waals surface area contributed by atoms with E-state index < -0.39 is 10.0 Å². The van der Waals surface area contributed by atoms with Gasteiger partial charge in [-0.05, 0) is 43.0 Å². The van der Waals surface area contributed by atoms with Gasteiger partial charge in [0.1, 0.15) is 0 Å². The van der Waals surface area contributed by atoms with E-state index in [1.165, 1.54) is 6.07 Å². The number of nitrogens with zero attached hydrogens (tertiary/aromatic N) is 1. The van der Waals surface area contributed by atoms with Crippen LogP contribution in [0.3, 0.4) is 0 Å². The largest absolute Gasteiger partial charge is 0.396 e. The van der Waals surface area contributed by atoms with Crippen molar-refractivity contribution in [3.05, 3.63) is 28.8 Å². The Hall–Kier alpha value is -1.44. The number of primary sulfonamides is 1. The van der Waals surface area contributed by atoms with Crippen molar-refractivity contribution in [2.75, 3.05) is 19.7 Å². The molecule has 122 valence electrons. The Morgan fingerprint density at radius 1 is 1.36 bits per heavy atom. The zero-order valence-electron chi connectivity index (χ0n) is 13.0. The van der Waals surface area contributed by atoms with Gasteiger partial charge in [0.2, 0.25) is 10.0 Å². The lowest BCUT2D eigenvalue weighted by Crippen LogP contribution is -2.29. The highest BCUT2D eigenvalue weighted by Gasteiger charge is 2.32. The van der Waals surface area contributed by atoms with Gasteiger partial charge in [0.25, 0.3) is 5.91 Å². The van der Waals surface area contributed by atoms with E-state index in [1.54, 1.807) is 24.8 Å². The van der Waals surface area contributed by atoms with Gasteiger partial charge in [0.05, 0.1) is 4.90 Å². The standard InChI is InChI=1S/C15H22N2O4S/c1-9-4-12(5-14(11(9)3)22(16,20)21)15(19)17-6-10(2)13(7-17)8-18/h4-5,10,13,18H,6-8H2,1-3H3,(H2,16,20,21)/t10-,13+/m1/s1. The van der Waals surface area contributed by atoms with Gasteiger partial charge >= 0.3 is 0 Å². The highest BCUT2D eigenvalue weighted by molar-refractivity contribution is 7.89. The lowest BCUT2D eigenvalue weighted by atomic mass is 10.00. The van der Waals surface area contributed by atoms with Crippen LogP contribution in [0.5, 0.6) is 0 Å². The smallest absolute Gasteiger partial charge is 0.253 e. The molecule has 6 nitrogen and oxygen atoms in total. The number of hydrogen-bond acceptors (Lipinski definition) is 4. The van der Waals surface area contributed by atoms with Gasteiger partial charge in [-0.2, -0.15) is 0 Å². The summed E-state index contributed by atoms with van der Waals surface area (Å²) < 4.78 is 23.3. The molecule has 0 saturated carbocycles. The molecule has 1 aliphatic heterocycles. The van der Waals surface area contributed by atoms with Crippen LogP contribution in [-0.4, -0.2) is 44.0 Å². The lowest BCUT2D eigenvalue weighted by molar-refractivity contribution is 0.0780. The first kappa shape index (κ1) is 16.9. The number of sulfonamides is 1. The summed E-state index contributed by atoms with van der Waals surface area (Å²) in [6.07, 6.45) is 0. The monoisotopic (exact) mass is 326 g/mol. The molecular weight excluding hydrogens is 304 g/mol. The summed E-state index contributed by atoms with van der Waals surface area (Å²) in [7, 11) is -3.87. The summed E-state index contributed by atoms with van der Waals surface area (Å²) in [6, 6.07) is 3.03. The normalized spacial score (nSPS) is 22.1. The Labute approximate surface area is 131 Å². The fraction of sp³-hybridized carbons (Fsp3) is 0.533. The SMILES string of the molecule is Cc1cc(C(=O)N2C[C@@H](CO)[C@H](C)C2)cc(S(N)(=O)=O)c1C. The molecule has 22 heavy (non-hydrogen) atoms. The van der Waals surface area contributed by atoms with Crippen molar-refractivity contribution in [2.24, 2.45) is 17.0 Å². The maximum atomic E-state index is 12.6. The van der Waals surface area contributed by atoms with Gasteiger partial charge in [-0.15, -0.1) is 0 Å². The van der Waals surface area contributed by atoms with Crippen LogP contribution in [0.1, 0.15) is 28.4 Å². The average Bonchev–Trinajstić information content (AvgIpc) is 2.80. The molecule has 0 radical (unpaired) electrons. The number of hydrogen-bond donors (Lipinski definition) is 2. The van der Waals surface area contributed by atoms with Crippen molar-refractivity contribution in [3.63, 3.8) is 0 Å². The summed E-state index contributed by atoms with van der Waals surface area (Å²) in [5.74, 6) is 0.0576. The highest BCUT2D eigenvalue weighted by atomic mass is 32.2. The van der Waals surface area contributed by atoms with Crippen molar-refractivity contribution in [3.8, 4) is 0 Å². The number of amides is 1. The molecule has 2 atom stereocenters. The van der Waals surface area contributed by atoms with Crippen LogP contribution in [0.4, 0.5) is 0 Å². The lowest BCUT2D eigenvalue weighted by Gasteiger charge is -2.18. The summed E-state index contributed by atoms with van der Waals surface area (Å²) >= 11 is 0. The number of nitrogens with two attached hydrogens (primary N) is 1. The van der Waals surface area contributed by atoms with Crippen LogP contribution in [0.25, 0.3) is 0 Å². The summed E-state index contributed by atoms with van der Waals surface area (Å²) in [5.41, 5.74) is 1.58. The minimum atomic E-state index is -3.87. The molecule has 1 amide bonds. The number of aryl methyl sites for hydroxylation is 1. The van der Waals surface area contributed by atoms with Gasteiger partial charge in [0, 0.05) is 31.2 Å². The number of carbonyl (C=O) groups is 1. The summed E-state index contributed by atoms with van der Waals surface area (Å²) in [4.78, 5) is 14.2. The minimum Gasteiger partial charge on any atom is -0.396 e. The first-order valence-electron chi connectivity index (χ1n) is 7.19. The summed E-state index contributed by atoms with van der Waals surface area (Å²) in [5, 5.41) is 14.5. The van der Waals surface area contributed by atoms with Crippen molar-refractivity contribution in [2.45, 2.75) is 25.7 Å². The number of aliphatic hydroxyl groups excluding tert-OH is 1. The third-order valence-electron chi connectivity index (χ3n) is 4.46. The Morgan fingerprint density at radius 3 is 2.50 bits per heavy atom. The van der Waals surface area contributed by atoms with Crippen LogP contribution in [-0.2, 0) is 10.0 Å². The Bertz CT molecular complexity index is 700. The Balaban J connectivity index is 2.38. The number of likely N-dealkylation sites (tertiary alicyclic amines) is 1. The minimum absolute atomic E-state index is 0.0122. The van der Waals surface area contributed by atoms with E-state index >= 15 is 0 Å². The molecule has 3 N–H and O–H groups in total. The quantitative estimate of drug-likeness (QED) is 0.851. The molecule has 0 aromatic heterocycles. The highest BCUT2D eigenvalue weighted by Crippen LogP contribution is 2.26. The van der Waals surface area contributed by atoms with Crippen molar-refractivity contribution >= 4 is 15.9 Å². The molecule has 0 bridgehead atoms. The van der Waals surface area contributed by atoms with E-state index in [1.807, 2.05) is 6.92 Å². The number of rotatable bonds is 3. The van der Waals surface area contributed by atoms with Crippen molar-refractivity contribution in [1.82, 2.24) is 4.90 Å². The van der Waals surface area contributed by atoms with E-state index in [-0.39, 0.29) is 29.2 Å². The van der Waals surface area contributed by atoms with Crippen LogP contribution >= 0.6 is 0 Å². The molecule has 0 spiro atoms. The summed E-state index contributed by atoms with van der Waals surface area (Å²) in [6.45, 7) is 6.49. The first-order valence-corrected chi connectivity index (χ1v) is 8.74. The van der Waals surface area contributed by atoms with Gasteiger partial charge in [-0.3, -0.25) is 4.79 Å². The van der Waals surface area contributed by atoms with Crippen molar-refractivity contribution in [1.29, 1.82) is 0 Å². The molecule has 1 aliphatic rings. The van der Waals surface area contributed by atoms with Crippen LogP contribution in [0, 0.1) is 25.7 Å². The maximum Gasteiger partial charge on any atom is 0.253 e. The molecule has 1 saturated heterocycles. The second-order valence-electron chi connectivity index (χ2n) is 6.09. The first-order chi connectivity index (χ1) is 10.1. The third kappa shape index (κ3) is 3.16. The van der Waals surface area contributed by atoms with E-state index in [0.717, 1.165) is 0 Å². The maximum absolute atomic E-state index is 12.6. The van der Waals surface area contributed by atoms with Crippen molar-refractivity contribution < 1.29 is 18.3 Å². The number of aliphatic hydroxyl groups is 1. The molecule has 1 heterocycles. The van der Waals surface area contributed by atoms with Crippen LogP contribution in [0.15, 0.2) is 17.0 Å². The second kappa shape index (κ2) is 5.98. The Kier molecular flexibility index (Phi) is 4.60. The van der Waals surface area contributed by atoms with Gasteiger partial charge < -0.3 is 10.0 Å². The fourth-order valence-electron chi connectivity index (χ4n) is 2.87. The second-order valence-corrected chi connectivity index (χ2v) is 7.62. The van der Waals surface area contributed by atoms with Gasteiger partial charge in [0.15, 0.2) is 0 Å². The molecule has 1 fully saturated rings. The predicted molar refractivity (Wildman–Crippen MR) is 82.9 cm³/mol. The molecule has 1 aromatic carbocycles. The molecular formula is C15H22N2O4S. The van der Waals surface area contributed by atoms with E-state index in [2.05, 4.69) is 0 Å². The fourth-order valence-corrected chi connectivity index (χ4v) is 3.75. The predicted octanol–water partition coefficient (Wildman–Crippen LogP) is 0.651. The van der Waals surface area contributed by atoms with Gasteiger partial charge in [-0.1, -0.05) is 6.92 Å². The molecule has 0 unspecified atom stereocenters. The van der Waals surface area contributed by atoms with Crippen LogP contribution in [0.2, 0.25) is 0 Å². The Morgan fingerprint density at radius 2 is 2.00 bits per heavy atom.